The SMILES string of the molecule is O=C(c1cc2c(F)cccc2[nH]1)N1CCC1. The number of aromatic amines is 1. The third kappa shape index (κ3) is 1.30. The Kier molecular flexibility index (Phi) is 1.96. The molecular formula is C12H11FN2O. The van der Waals surface area contributed by atoms with Crippen LogP contribution < -0.4 is 0 Å². The van der Waals surface area contributed by atoms with Crippen LogP contribution in [-0.2, 0) is 0 Å². The number of amides is 1. The maximum atomic E-state index is 13.4. The second-order valence-electron chi connectivity index (χ2n) is 4.03. The lowest BCUT2D eigenvalue weighted by atomic mass is 10.2. The number of H-pyrrole nitrogens is 1. The lowest BCUT2D eigenvalue weighted by Crippen LogP contribution is -2.42. The van der Waals surface area contributed by atoms with E-state index < -0.39 is 0 Å². The van der Waals surface area contributed by atoms with Gasteiger partial charge in [-0.3, -0.25) is 4.79 Å². The molecule has 0 spiro atoms. The molecule has 0 saturated carbocycles. The minimum atomic E-state index is -0.295. The monoisotopic (exact) mass is 218 g/mol. The smallest absolute Gasteiger partial charge is 0.270 e. The number of hydrogen-bond donors (Lipinski definition) is 1. The quantitative estimate of drug-likeness (QED) is 0.782. The van der Waals surface area contributed by atoms with E-state index in [0.29, 0.717) is 16.6 Å². The molecule has 2 heterocycles. The standard InChI is InChI=1S/C12H11FN2O/c13-9-3-1-4-10-8(9)7-11(14-10)12(16)15-5-2-6-15/h1,3-4,7,14H,2,5-6H2. The maximum absolute atomic E-state index is 13.4. The van der Waals surface area contributed by atoms with Gasteiger partial charge < -0.3 is 9.88 Å². The first-order chi connectivity index (χ1) is 7.75. The van der Waals surface area contributed by atoms with Crippen molar-refractivity contribution in [2.45, 2.75) is 6.42 Å². The zero-order chi connectivity index (χ0) is 11.1. The van der Waals surface area contributed by atoms with Gasteiger partial charge in [0, 0.05) is 24.0 Å². The van der Waals surface area contributed by atoms with Crippen molar-refractivity contribution in [3.63, 3.8) is 0 Å². The third-order valence-electron chi connectivity index (χ3n) is 2.98. The molecule has 1 aliphatic heterocycles. The molecule has 16 heavy (non-hydrogen) atoms. The molecule has 3 nitrogen and oxygen atoms in total. The maximum Gasteiger partial charge on any atom is 0.270 e. The zero-order valence-electron chi connectivity index (χ0n) is 8.66. The average molecular weight is 218 g/mol. The second kappa shape index (κ2) is 3.33. The van der Waals surface area contributed by atoms with E-state index in [4.69, 9.17) is 0 Å². The van der Waals surface area contributed by atoms with Crippen LogP contribution in [0, 0.1) is 5.82 Å². The number of likely N-dealkylation sites (tertiary alicyclic amines) is 1. The van der Waals surface area contributed by atoms with Crippen LogP contribution in [0.25, 0.3) is 10.9 Å². The number of carbonyl (C=O) groups excluding carboxylic acids is 1. The van der Waals surface area contributed by atoms with Crippen molar-refractivity contribution in [1.82, 2.24) is 9.88 Å². The number of nitrogens with zero attached hydrogens (tertiary/aromatic N) is 1. The summed E-state index contributed by atoms with van der Waals surface area (Å²) in [4.78, 5) is 16.6. The summed E-state index contributed by atoms with van der Waals surface area (Å²) in [7, 11) is 0. The Morgan fingerprint density at radius 3 is 2.81 bits per heavy atom. The fraction of sp³-hybridized carbons (Fsp3) is 0.250. The van der Waals surface area contributed by atoms with Crippen LogP contribution in [0.1, 0.15) is 16.9 Å². The van der Waals surface area contributed by atoms with Crippen LogP contribution in [0.2, 0.25) is 0 Å². The summed E-state index contributed by atoms with van der Waals surface area (Å²) in [6.45, 7) is 1.60. The highest BCUT2D eigenvalue weighted by molar-refractivity contribution is 5.98. The van der Waals surface area contributed by atoms with Crippen LogP contribution in [0.3, 0.4) is 0 Å². The number of benzene rings is 1. The average Bonchev–Trinajstić information content (AvgIpc) is 2.60. The molecule has 4 heteroatoms. The van der Waals surface area contributed by atoms with E-state index in [1.165, 1.54) is 6.07 Å². The number of fused-ring (bicyclic) bond motifs is 1. The van der Waals surface area contributed by atoms with Crippen molar-refractivity contribution in [3.05, 3.63) is 35.8 Å². The van der Waals surface area contributed by atoms with E-state index in [2.05, 4.69) is 4.98 Å². The van der Waals surface area contributed by atoms with Gasteiger partial charge in [-0.05, 0) is 24.6 Å². The van der Waals surface area contributed by atoms with Gasteiger partial charge >= 0.3 is 0 Å². The predicted molar refractivity (Wildman–Crippen MR) is 58.8 cm³/mol. The second-order valence-corrected chi connectivity index (χ2v) is 4.03. The van der Waals surface area contributed by atoms with E-state index in [1.807, 2.05) is 0 Å². The van der Waals surface area contributed by atoms with Gasteiger partial charge in [0.2, 0.25) is 0 Å². The molecule has 1 amide bonds. The van der Waals surface area contributed by atoms with Gasteiger partial charge in [0.1, 0.15) is 11.5 Å². The molecule has 1 aliphatic rings. The predicted octanol–water partition coefficient (Wildman–Crippen LogP) is 2.15. The van der Waals surface area contributed by atoms with Crippen molar-refractivity contribution < 1.29 is 9.18 Å². The number of halogens is 1. The number of aromatic nitrogens is 1. The summed E-state index contributed by atoms with van der Waals surface area (Å²) in [5.74, 6) is -0.335. The number of hydrogen-bond acceptors (Lipinski definition) is 1. The van der Waals surface area contributed by atoms with Crippen LogP contribution in [0.4, 0.5) is 4.39 Å². The Labute approximate surface area is 91.9 Å². The Morgan fingerprint density at radius 2 is 2.19 bits per heavy atom. The molecular weight excluding hydrogens is 207 g/mol. The number of carbonyl (C=O) groups is 1. The van der Waals surface area contributed by atoms with E-state index >= 15 is 0 Å². The fourth-order valence-electron chi connectivity index (χ4n) is 1.92. The number of rotatable bonds is 1. The van der Waals surface area contributed by atoms with E-state index in [-0.39, 0.29) is 11.7 Å². The molecule has 0 atom stereocenters. The summed E-state index contributed by atoms with van der Waals surface area (Å²) in [5, 5.41) is 0.478. The zero-order valence-corrected chi connectivity index (χ0v) is 8.66. The van der Waals surface area contributed by atoms with E-state index in [9.17, 15) is 9.18 Å². The van der Waals surface area contributed by atoms with Gasteiger partial charge in [-0.2, -0.15) is 0 Å². The Morgan fingerprint density at radius 1 is 1.38 bits per heavy atom. The topological polar surface area (TPSA) is 36.1 Å². The van der Waals surface area contributed by atoms with Crippen molar-refractivity contribution in [3.8, 4) is 0 Å². The Hall–Kier alpha value is -1.84. The van der Waals surface area contributed by atoms with Crippen molar-refractivity contribution in [1.29, 1.82) is 0 Å². The molecule has 0 unspecified atom stereocenters. The van der Waals surface area contributed by atoms with Gasteiger partial charge in [0.15, 0.2) is 0 Å². The summed E-state index contributed by atoms with van der Waals surface area (Å²) < 4.78 is 13.4. The molecule has 1 fully saturated rings. The molecule has 2 aromatic rings. The summed E-state index contributed by atoms with van der Waals surface area (Å²) in [6, 6.07) is 6.39. The van der Waals surface area contributed by atoms with Crippen LogP contribution in [0.15, 0.2) is 24.3 Å². The van der Waals surface area contributed by atoms with Crippen molar-refractivity contribution in [2.75, 3.05) is 13.1 Å². The summed E-state index contributed by atoms with van der Waals surface area (Å²) >= 11 is 0. The molecule has 82 valence electrons. The van der Waals surface area contributed by atoms with Gasteiger partial charge in [-0.1, -0.05) is 6.07 Å². The van der Waals surface area contributed by atoms with E-state index in [0.717, 1.165) is 19.5 Å². The highest BCUT2D eigenvalue weighted by Gasteiger charge is 2.23. The lowest BCUT2D eigenvalue weighted by molar-refractivity contribution is 0.0646. The molecule has 1 aromatic heterocycles. The summed E-state index contributed by atoms with van der Waals surface area (Å²) in [6.07, 6.45) is 1.06. The molecule has 1 aromatic carbocycles. The van der Waals surface area contributed by atoms with Crippen LogP contribution in [-0.4, -0.2) is 28.9 Å². The minimum Gasteiger partial charge on any atom is -0.350 e. The minimum absolute atomic E-state index is 0.0400. The highest BCUT2D eigenvalue weighted by atomic mass is 19.1. The molecule has 0 bridgehead atoms. The van der Waals surface area contributed by atoms with Crippen LogP contribution in [0.5, 0.6) is 0 Å². The summed E-state index contributed by atoms with van der Waals surface area (Å²) in [5.41, 5.74) is 1.14. The Balaban J connectivity index is 2.04. The first-order valence-electron chi connectivity index (χ1n) is 5.32. The van der Waals surface area contributed by atoms with Crippen molar-refractivity contribution in [2.24, 2.45) is 0 Å². The lowest BCUT2D eigenvalue weighted by Gasteiger charge is -2.30. The normalized spacial score (nSPS) is 15.2. The van der Waals surface area contributed by atoms with E-state index in [1.54, 1.807) is 23.1 Å². The van der Waals surface area contributed by atoms with Gasteiger partial charge in [0.05, 0.1) is 0 Å². The van der Waals surface area contributed by atoms with Crippen LogP contribution >= 0.6 is 0 Å². The highest BCUT2D eigenvalue weighted by Crippen LogP contribution is 2.20. The first kappa shape index (κ1) is 9.39. The molecule has 0 radical (unpaired) electrons. The van der Waals surface area contributed by atoms with Gasteiger partial charge in [0.25, 0.3) is 5.91 Å². The van der Waals surface area contributed by atoms with Gasteiger partial charge in [-0.15, -0.1) is 0 Å². The molecule has 0 aliphatic carbocycles. The number of nitrogens with one attached hydrogen (secondary N) is 1. The Bertz CT molecular complexity index is 557. The molecule has 1 saturated heterocycles. The fourth-order valence-corrected chi connectivity index (χ4v) is 1.92. The first-order valence-corrected chi connectivity index (χ1v) is 5.32. The van der Waals surface area contributed by atoms with Gasteiger partial charge in [-0.25, -0.2) is 4.39 Å². The van der Waals surface area contributed by atoms with Crippen molar-refractivity contribution >= 4 is 16.8 Å². The largest absolute Gasteiger partial charge is 0.350 e. The third-order valence-corrected chi connectivity index (χ3v) is 2.98. The molecule has 1 N–H and O–H groups in total. The molecule has 3 rings (SSSR count).